The van der Waals surface area contributed by atoms with Crippen LogP contribution >= 0.6 is 0 Å². The molecule has 0 aliphatic rings. The largest absolute Gasteiger partial charge is 0.573 e. The number of halogens is 3. The smallest absolute Gasteiger partial charge is 0.406 e. The number of benzene rings is 1. The third kappa shape index (κ3) is 6.53. The molecular formula is C13H17F3N2O5. The number of hydrogen-bond donors (Lipinski definition) is 4. The van der Waals surface area contributed by atoms with Crippen LogP contribution in [0, 0.1) is 0 Å². The average molecular weight is 338 g/mol. The van der Waals surface area contributed by atoms with Gasteiger partial charge < -0.3 is 15.2 Å². The first-order chi connectivity index (χ1) is 10.1. The Morgan fingerprint density at radius 1 is 1.22 bits per heavy atom. The highest BCUT2D eigenvalue weighted by atomic mass is 19.4. The van der Waals surface area contributed by atoms with Crippen LogP contribution in [0.4, 0.5) is 13.2 Å². The van der Waals surface area contributed by atoms with Crippen molar-refractivity contribution in [3.8, 4) is 5.75 Å². The van der Waals surface area contributed by atoms with Crippen molar-refractivity contribution in [3.63, 3.8) is 0 Å². The van der Waals surface area contributed by atoms with Gasteiger partial charge in [-0.05, 0) is 31.2 Å². The van der Waals surface area contributed by atoms with Crippen LogP contribution < -0.4 is 15.5 Å². The lowest BCUT2D eigenvalue weighted by atomic mass is 10.1. The van der Waals surface area contributed by atoms with Gasteiger partial charge in [0.05, 0.1) is 6.10 Å². The van der Waals surface area contributed by atoms with E-state index in [1.807, 2.05) is 0 Å². The van der Waals surface area contributed by atoms with Crippen molar-refractivity contribution >= 4 is 11.8 Å². The normalized spacial score (nSPS) is 13.3. The van der Waals surface area contributed by atoms with Gasteiger partial charge in [-0.25, -0.2) is 5.48 Å². The number of alkyl halides is 3. The van der Waals surface area contributed by atoms with Gasteiger partial charge in [0.2, 0.25) is 0 Å². The summed E-state index contributed by atoms with van der Waals surface area (Å²) in [6.45, 7) is 1.21. The summed E-state index contributed by atoms with van der Waals surface area (Å²) in [6.07, 6.45) is -6.15. The molecule has 1 rings (SSSR count). The Labute approximate surface area is 130 Å². The summed E-state index contributed by atoms with van der Waals surface area (Å²) >= 11 is 0. The van der Waals surface area contributed by atoms with E-state index in [1.54, 1.807) is 0 Å². The molecule has 2 atom stereocenters. The highest BCUT2D eigenvalue weighted by molar-refractivity contribution is 5.97. The quantitative estimate of drug-likeness (QED) is 0.477. The van der Waals surface area contributed by atoms with Crippen LogP contribution in [0.3, 0.4) is 0 Å². The van der Waals surface area contributed by atoms with Crippen LogP contribution in [0.1, 0.15) is 24.7 Å². The zero-order chi connectivity index (χ0) is 16.9. The molecule has 2 amide bonds. The van der Waals surface area contributed by atoms with Crippen LogP contribution in [-0.4, -0.2) is 40.6 Å². The number of amides is 2. The number of nitrogens with one attached hydrogen (secondary N) is 2. The molecule has 0 saturated heterocycles. The fraction of sp³-hybridized carbons (Fsp3) is 0.385. The van der Waals surface area contributed by atoms with E-state index < -0.39 is 36.1 Å². The Hall–Kier alpha value is -2.33. The van der Waals surface area contributed by atoms with E-state index in [-0.39, 0.29) is 13.0 Å². The predicted molar refractivity (Wildman–Crippen MR) is 72.7 cm³/mol. The van der Waals surface area contributed by atoms with Gasteiger partial charge in [0, 0.05) is 5.56 Å². The molecule has 0 fully saturated rings. The summed E-state index contributed by atoms with van der Waals surface area (Å²) in [7, 11) is 0. The fourth-order valence-electron chi connectivity index (χ4n) is 1.51. The maximum Gasteiger partial charge on any atom is 0.573 e. The Kier molecular flexibility index (Phi) is 7.50. The molecule has 1 aromatic carbocycles. The minimum atomic E-state index is -4.85. The van der Waals surface area contributed by atoms with Gasteiger partial charge in [-0.2, -0.15) is 0 Å². The number of aliphatic hydroxyl groups excluding tert-OH is 1. The Morgan fingerprint density at radius 3 is 2.13 bits per heavy atom. The summed E-state index contributed by atoms with van der Waals surface area (Å²) in [5.74, 6) is -2.38. The van der Waals surface area contributed by atoms with Crippen molar-refractivity contribution < 1.29 is 37.8 Å². The molecule has 0 unspecified atom stereocenters. The molecule has 130 valence electrons. The summed E-state index contributed by atoms with van der Waals surface area (Å²) in [6, 6.07) is 2.51. The second-order valence-corrected chi connectivity index (χ2v) is 4.24. The van der Waals surface area contributed by atoms with Crippen molar-refractivity contribution in [1.82, 2.24) is 10.8 Å². The molecule has 1 aromatic rings. The van der Waals surface area contributed by atoms with Crippen LogP contribution in [0.5, 0.6) is 5.75 Å². The third-order valence-electron chi connectivity index (χ3n) is 2.51. The zero-order valence-corrected chi connectivity index (χ0v) is 11.2. The standard InChI is InChI=1S/C12H13F3N2O5.CH4/c1-6(18)9(11(20)17-21)16-10(19)7-2-4-8(5-3-7)22-12(13,14)15;/h2-6,9,18,21H,1H3,(H,16,19)(H,17,20);1H4/t6-,9+;/m1./s1. The van der Waals surface area contributed by atoms with Crippen molar-refractivity contribution in [1.29, 1.82) is 0 Å². The molecule has 0 saturated carbocycles. The highest BCUT2D eigenvalue weighted by Crippen LogP contribution is 2.22. The Morgan fingerprint density at radius 2 is 1.74 bits per heavy atom. The summed E-state index contributed by atoms with van der Waals surface area (Å²) in [4.78, 5) is 23.1. The van der Waals surface area contributed by atoms with Gasteiger partial charge in [-0.3, -0.25) is 14.8 Å². The summed E-state index contributed by atoms with van der Waals surface area (Å²) in [5.41, 5.74) is 1.22. The Balaban J connectivity index is 0.00000484. The molecule has 23 heavy (non-hydrogen) atoms. The van der Waals surface area contributed by atoms with E-state index in [4.69, 9.17) is 5.21 Å². The van der Waals surface area contributed by atoms with Gasteiger partial charge in [0.1, 0.15) is 11.8 Å². The molecule has 0 aliphatic heterocycles. The van der Waals surface area contributed by atoms with Crippen LogP contribution in [0.25, 0.3) is 0 Å². The number of carbonyl (C=O) groups excluding carboxylic acids is 2. The maximum absolute atomic E-state index is 12.0. The monoisotopic (exact) mass is 338 g/mol. The van der Waals surface area contributed by atoms with Crippen molar-refractivity contribution in [2.24, 2.45) is 0 Å². The van der Waals surface area contributed by atoms with Crippen LogP contribution in [-0.2, 0) is 4.79 Å². The number of ether oxygens (including phenoxy) is 1. The summed E-state index contributed by atoms with van der Waals surface area (Å²) in [5, 5.41) is 20.0. The maximum atomic E-state index is 12.0. The lowest BCUT2D eigenvalue weighted by molar-refractivity contribution is -0.274. The van der Waals surface area contributed by atoms with Crippen LogP contribution in [0.2, 0.25) is 0 Å². The molecule has 10 heteroatoms. The predicted octanol–water partition coefficient (Wildman–Crippen LogP) is 1.21. The van der Waals surface area contributed by atoms with E-state index >= 15 is 0 Å². The van der Waals surface area contributed by atoms with E-state index in [0.29, 0.717) is 0 Å². The zero-order valence-electron chi connectivity index (χ0n) is 11.2. The number of hydroxylamine groups is 1. The van der Waals surface area contributed by atoms with Crippen molar-refractivity contribution in [2.45, 2.75) is 32.9 Å². The molecule has 0 aliphatic carbocycles. The fourth-order valence-corrected chi connectivity index (χ4v) is 1.51. The SMILES string of the molecule is C.C[C@@H](O)[C@H](NC(=O)c1ccc(OC(F)(F)F)cc1)C(=O)NO. The first kappa shape index (κ1) is 20.7. The highest BCUT2D eigenvalue weighted by Gasteiger charge is 2.31. The first-order valence-corrected chi connectivity index (χ1v) is 5.92. The first-order valence-electron chi connectivity index (χ1n) is 5.92. The van der Waals surface area contributed by atoms with Gasteiger partial charge in [-0.1, -0.05) is 7.43 Å². The molecular weight excluding hydrogens is 321 g/mol. The van der Waals surface area contributed by atoms with Crippen molar-refractivity contribution in [3.05, 3.63) is 29.8 Å². The number of carbonyl (C=O) groups is 2. The van der Waals surface area contributed by atoms with Gasteiger partial charge >= 0.3 is 6.36 Å². The molecule has 0 spiro atoms. The molecule has 0 heterocycles. The average Bonchev–Trinajstić information content (AvgIpc) is 2.42. The second-order valence-electron chi connectivity index (χ2n) is 4.24. The number of hydrogen-bond acceptors (Lipinski definition) is 5. The minimum absolute atomic E-state index is 0. The molecule has 0 aromatic heterocycles. The van der Waals surface area contributed by atoms with Crippen LogP contribution in [0.15, 0.2) is 24.3 Å². The topological polar surface area (TPSA) is 108 Å². The Bertz CT molecular complexity index is 531. The number of rotatable bonds is 5. The lowest BCUT2D eigenvalue weighted by Crippen LogP contribution is -2.51. The molecule has 0 radical (unpaired) electrons. The second kappa shape index (κ2) is 8.34. The van der Waals surface area contributed by atoms with E-state index in [0.717, 1.165) is 24.3 Å². The van der Waals surface area contributed by atoms with Gasteiger partial charge in [0.15, 0.2) is 0 Å². The molecule has 7 nitrogen and oxygen atoms in total. The van der Waals surface area contributed by atoms with E-state index in [1.165, 1.54) is 12.4 Å². The van der Waals surface area contributed by atoms with Gasteiger partial charge in [0.25, 0.3) is 11.8 Å². The number of aliphatic hydroxyl groups is 1. The molecule has 0 bridgehead atoms. The minimum Gasteiger partial charge on any atom is -0.406 e. The van der Waals surface area contributed by atoms with Gasteiger partial charge in [-0.15, -0.1) is 13.2 Å². The lowest BCUT2D eigenvalue weighted by Gasteiger charge is -2.19. The molecule has 4 N–H and O–H groups in total. The van der Waals surface area contributed by atoms with Crippen molar-refractivity contribution in [2.75, 3.05) is 0 Å². The van der Waals surface area contributed by atoms with E-state index in [9.17, 15) is 27.9 Å². The van der Waals surface area contributed by atoms with E-state index in [2.05, 4.69) is 10.1 Å². The third-order valence-corrected chi connectivity index (χ3v) is 2.51. The summed E-state index contributed by atoms with van der Waals surface area (Å²) < 4.78 is 39.6.